The number of aryl methyl sites for hydroxylation is 1. The zero-order chi connectivity index (χ0) is 17.7. The van der Waals surface area contributed by atoms with Crippen LogP contribution in [-0.2, 0) is 0 Å². The Morgan fingerprint density at radius 3 is 2.69 bits per heavy atom. The van der Waals surface area contributed by atoms with Crippen molar-refractivity contribution in [2.45, 2.75) is 6.92 Å². The Balaban J connectivity index is 1.73. The fourth-order valence-electron chi connectivity index (χ4n) is 3.73. The van der Waals surface area contributed by atoms with Gasteiger partial charge < -0.3 is 15.1 Å². The van der Waals surface area contributed by atoms with Crippen molar-refractivity contribution in [3.63, 3.8) is 0 Å². The van der Waals surface area contributed by atoms with Gasteiger partial charge in [0.05, 0.1) is 16.9 Å². The number of fused-ring (bicyclic) bond motifs is 4. The van der Waals surface area contributed by atoms with E-state index >= 15 is 0 Å². The number of benzene rings is 2. The van der Waals surface area contributed by atoms with E-state index in [4.69, 9.17) is 4.99 Å². The molecule has 5 rings (SSSR count). The first-order valence-corrected chi connectivity index (χ1v) is 9.92. The van der Waals surface area contributed by atoms with Gasteiger partial charge >= 0.3 is 0 Å². The second-order valence-corrected chi connectivity index (χ2v) is 8.23. The number of amidine groups is 1. The number of anilines is 2. The molecule has 0 amide bonds. The Morgan fingerprint density at radius 2 is 1.85 bits per heavy atom. The highest BCUT2D eigenvalue weighted by Gasteiger charge is 2.27. The third kappa shape index (κ3) is 2.59. The minimum absolute atomic E-state index is 1.01. The number of aliphatic imine (C=N–C) groups is 1. The summed E-state index contributed by atoms with van der Waals surface area (Å²) in [5.74, 6) is 1.11. The molecule has 0 spiro atoms. The number of likely N-dealkylation sites (N-methyl/N-ethyl adjacent to an activating group) is 1. The summed E-state index contributed by atoms with van der Waals surface area (Å²) < 4.78 is 1.32. The van der Waals surface area contributed by atoms with E-state index in [2.05, 4.69) is 71.6 Å². The van der Waals surface area contributed by atoms with Crippen molar-refractivity contribution in [1.82, 2.24) is 9.80 Å². The van der Waals surface area contributed by atoms with Crippen LogP contribution >= 0.6 is 11.3 Å². The molecule has 0 atom stereocenters. The fourth-order valence-corrected chi connectivity index (χ4v) is 4.94. The number of nitrogens with one attached hydrogen (secondary N) is 1. The van der Waals surface area contributed by atoms with E-state index in [0.717, 1.165) is 43.4 Å². The third-order valence-electron chi connectivity index (χ3n) is 5.25. The first-order chi connectivity index (χ1) is 12.7. The minimum atomic E-state index is 1.01. The van der Waals surface area contributed by atoms with E-state index in [1.165, 1.54) is 26.2 Å². The first-order valence-electron chi connectivity index (χ1n) is 9.11. The number of nitrogens with zero attached hydrogens (tertiary/aromatic N) is 3. The predicted molar refractivity (Wildman–Crippen MR) is 112 cm³/mol. The van der Waals surface area contributed by atoms with E-state index in [0.29, 0.717) is 0 Å². The summed E-state index contributed by atoms with van der Waals surface area (Å²) in [5, 5.41) is 6.16. The molecule has 1 fully saturated rings. The quantitative estimate of drug-likeness (QED) is 0.634. The van der Waals surface area contributed by atoms with E-state index in [1.807, 2.05) is 11.3 Å². The number of hydrogen-bond donors (Lipinski definition) is 1. The van der Waals surface area contributed by atoms with Gasteiger partial charge in [-0.1, -0.05) is 24.3 Å². The predicted octanol–water partition coefficient (Wildman–Crippen LogP) is 4.59. The second-order valence-electron chi connectivity index (χ2n) is 7.17. The van der Waals surface area contributed by atoms with Crippen LogP contribution in [0.5, 0.6) is 0 Å². The van der Waals surface area contributed by atoms with Crippen LogP contribution < -0.4 is 5.32 Å². The number of piperazine rings is 1. The topological polar surface area (TPSA) is 30.9 Å². The molecule has 2 aliphatic rings. The van der Waals surface area contributed by atoms with Gasteiger partial charge in [-0.3, -0.25) is 0 Å². The number of rotatable bonds is 0. The van der Waals surface area contributed by atoms with Gasteiger partial charge in [-0.2, -0.15) is 0 Å². The summed E-state index contributed by atoms with van der Waals surface area (Å²) in [6.07, 6.45) is 0. The molecule has 0 unspecified atom stereocenters. The van der Waals surface area contributed by atoms with Crippen LogP contribution in [0.15, 0.2) is 47.5 Å². The molecule has 0 radical (unpaired) electrons. The molecule has 1 N–H and O–H groups in total. The van der Waals surface area contributed by atoms with Gasteiger partial charge in [-0.05, 0) is 37.7 Å². The monoisotopic (exact) mass is 362 g/mol. The highest BCUT2D eigenvalue weighted by molar-refractivity contribution is 7.23. The average molecular weight is 363 g/mol. The Morgan fingerprint density at radius 1 is 1.04 bits per heavy atom. The standard InChI is InChI=1S/C21H22N4S/c1-14-7-8-15-18(13-14)26-21-19(15)20(25-11-9-24(2)10-12-25)22-16-5-3-4-6-17(16)23-21/h3-8,13,23H,9-12H2,1-2H3. The van der Waals surface area contributed by atoms with Crippen molar-refractivity contribution >= 4 is 43.6 Å². The van der Waals surface area contributed by atoms with Gasteiger partial charge in [-0.15, -0.1) is 11.3 Å². The van der Waals surface area contributed by atoms with Crippen molar-refractivity contribution in [2.75, 3.05) is 38.5 Å². The van der Waals surface area contributed by atoms with E-state index in [1.54, 1.807) is 0 Å². The van der Waals surface area contributed by atoms with Gasteiger partial charge in [0, 0.05) is 36.3 Å². The zero-order valence-corrected chi connectivity index (χ0v) is 15.9. The highest BCUT2D eigenvalue weighted by atomic mass is 32.1. The van der Waals surface area contributed by atoms with Gasteiger partial charge in [0.2, 0.25) is 0 Å². The maximum atomic E-state index is 5.14. The lowest BCUT2D eigenvalue weighted by Gasteiger charge is -2.34. The summed E-state index contributed by atoms with van der Waals surface area (Å²) in [5.41, 5.74) is 4.66. The molecule has 132 valence electrons. The van der Waals surface area contributed by atoms with Gasteiger partial charge in [0.25, 0.3) is 0 Å². The maximum Gasteiger partial charge on any atom is 0.140 e. The van der Waals surface area contributed by atoms with Crippen molar-refractivity contribution < 1.29 is 0 Å². The van der Waals surface area contributed by atoms with Crippen LogP contribution in [0.2, 0.25) is 0 Å². The SMILES string of the molecule is Cc1ccc2c3c(sc2c1)Nc1ccccc1N=C3N1CCN(C)CC1. The van der Waals surface area contributed by atoms with Crippen LogP contribution in [0.4, 0.5) is 16.4 Å². The molecule has 5 heteroatoms. The van der Waals surface area contributed by atoms with Crippen LogP contribution in [0.1, 0.15) is 11.1 Å². The zero-order valence-electron chi connectivity index (χ0n) is 15.1. The van der Waals surface area contributed by atoms with Gasteiger partial charge in [0.15, 0.2) is 0 Å². The molecule has 0 bridgehead atoms. The van der Waals surface area contributed by atoms with Crippen LogP contribution in [0.25, 0.3) is 10.1 Å². The lowest BCUT2D eigenvalue weighted by Crippen LogP contribution is -2.47. The molecule has 3 heterocycles. The van der Waals surface area contributed by atoms with Crippen molar-refractivity contribution in [3.05, 3.63) is 53.6 Å². The van der Waals surface area contributed by atoms with Gasteiger partial charge in [0.1, 0.15) is 10.8 Å². The summed E-state index contributed by atoms with van der Waals surface area (Å²) in [7, 11) is 2.19. The van der Waals surface area contributed by atoms with Crippen LogP contribution in [-0.4, -0.2) is 48.9 Å². The Kier molecular flexibility index (Phi) is 3.72. The molecule has 1 saturated heterocycles. The summed E-state index contributed by atoms with van der Waals surface area (Å²) in [6.45, 7) is 6.33. The molecule has 26 heavy (non-hydrogen) atoms. The first kappa shape index (κ1) is 15.9. The van der Waals surface area contributed by atoms with E-state index in [-0.39, 0.29) is 0 Å². The van der Waals surface area contributed by atoms with Crippen molar-refractivity contribution in [2.24, 2.45) is 4.99 Å². The van der Waals surface area contributed by atoms with Crippen LogP contribution in [0.3, 0.4) is 0 Å². The largest absolute Gasteiger partial charge is 0.353 e. The number of hydrogen-bond acceptors (Lipinski definition) is 5. The smallest absolute Gasteiger partial charge is 0.140 e. The highest BCUT2D eigenvalue weighted by Crippen LogP contribution is 2.43. The van der Waals surface area contributed by atoms with E-state index < -0.39 is 0 Å². The van der Waals surface area contributed by atoms with Crippen molar-refractivity contribution in [1.29, 1.82) is 0 Å². The molecular formula is C21H22N4S. The van der Waals surface area contributed by atoms with Crippen LogP contribution in [0, 0.1) is 6.92 Å². The lowest BCUT2D eigenvalue weighted by atomic mass is 10.1. The molecule has 0 aliphatic carbocycles. The number of para-hydroxylation sites is 2. The summed E-state index contributed by atoms with van der Waals surface area (Å²) in [4.78, 5) is 9.98. The summed E-state index contributed by atoms with van der Waals surface area (Å²) >= 11 is 1.83. The molecular weight excluding hydrogens is 340 g/mol. The maximum absolute atomic E-state index is 5.14. The number of thiophene rings is 1. The molecule has 1 aromatic heterocycles. The molecule has 2 aromatic carbocycles. The Hall–Kier alpha value is -2.37. The Bertz CT molecular complexity index is 1010. The molecule has 2 aliphatic heterocycles. The second kappa shape index (κ2) is 6.11. The normalized spacial score (nSPS) is 17.3. The Labute approximate surface area is 157 Å². The minimum Gasteiger partial charge on any atom is -0.353 e. The third-order valence-corrected chi connectivity index (χ3v) is 6.32. The van der Waals surface area contributed by atoms with Crippen molar-refractivity contribution in [3.8, 4) is 0 Å². The lowest BCUT2D eigenvalue weighted by molar-refractivity contribution is 0.216. The van der Waals surface area contributed by atoms with E-state index in [9.17, 15) is 0 Å². The molecule has 3 aromatic rings. The summed E-state index contributed by atoms with van der Waals surface area (Å²) in [6, 6.07) is 15.1. The molecule has 4 nitrogen and oxygen atoms in total. The molecule has 0 saturated carbocycles. The van der Waals surface area contributed by atoms with Gasteiger partial charge in [-0.25, -0.2) is 4.99 Å². The fraction of sp³-hybridized carbons (Fsp3) is 0.286. The average Bonchev–Trinajstić information content (AvgIpc) is 2.89.